The summed E-state index contributed by atoms with van der Waals surface area (Å²) in [6.07, 6.45) is 2.70. The van der Waals surface area contributed by atoms with Gasteiger partial charge in [-0.2, -0.15) is 11.8 Å². The normalized spacial score (nSPS) is 39.2. The lowest BCUT2D eigenvalue weighted by atomic mass is 9.83. The van der Waals surface area contributed by atoms with Gasteiger partial charge in [0.1, 0.15) is 0 Å². The predicted octanol–water partition coefficient (Wildman–Crippen LogP) is 2.43. The first-order valence-corrected chi connectivity index (χ1v) is 8.19. The second-order valence-electron chi connectivity index (χ2n) is 6.79. The maximum absolute atomic E-state index is 5.91. The Labute approximate surface area is 111 Å². The van der Waals surface area contributed by atoms with E-state index in [0.29, 0.717) is 5.41 Å². The van der Waals surface area contributed by atoms with Gasteiger partial charge in [0.15, 0.2) is 0 Å². The molecule has 2 fully saturated rings. The molecule has 0 aromatic carbocycles. The highest BCUT2D eigenvalue weighted by atomic mass is 32.2. The smallest absolute Gasteiger partial charge is 0.0191 e. The molecule has 0 aromatic rings. The van der Waals surface area contributed by atoms with Crippen LogP contribution in [0.25, 0.3) is 0 Å². The van der Waals surface area contributed by atoms with Crippen molar-refractivity contribution in [1.82, 2.24) is 4.90 Å². The van der Waals surface area contributed by atoms with Gasteiger partial charge in [-0.05, 0) is 48.9 Å². The molecule has 0 aliphatic carbocycles. The van der Waals surface area contributed by atoms with E-state index in [-0.39, 0.29) is 0 Å². The van der Waals surface area contributed by atoms with Gasteiger partial charge in [0.2, 0.25) is 0 Å². The summed E-state index contributed by atoms with van der Waals surface area (Å²) in [5.41, 5.74) is 6.43. The summed E-state index contributed by atoms with van der Waals surface area (Å²) in [6.45, 7) is 10.6. The number of hydrogen-bond donors (Lipinski definition) is 1. The topological polar surface area (TPSA) is 29.3 Å². The molecular weight excluding hydrogens is 228 g/mol. The van der Waals surface area contributed by atoms with Gasteiger partial charge in [-0.15, -0.1) is 0 Å². The Hall–Kier alpha value is 0.270. The molecule has 3 heteroatoms. The molecule has 2 N–H and O–H groups in total. The number of hydrogen-bond acceptors (Lipinski definition) is 3. The number of thioether (sulfide) groups is 1. The Morgan fingerprint density at radius 2 is 2.18 bits per heavy atom. The van der Waals surface area contributed by atoms with E-state index >= 15 is 0 Å². The summed E-state index contributed by atoms with van der Waals surface area (Å²) < 4.78 is 0. The molecule has 0 bridgehead atoms. The van der Waals surface area contributed by atoms with E-state index in [1.165, 1.54) is 37.4 Å². The number of likely N-dealkylation sites (tertiary alicyclic amines) is 1. The summed E-state index contributed by atoms with van der Waals surface area (Å²) in [5.74, 6) is 4.20. The minimum Gasteiger partial charge on any atom is -0.330 e. The number of nitrogens with two attached hydrogens (primary N) is 1. The number of nitrogens with zero attached hydrogens (tertiary/aromatic N) is 1. The Morgan fingerprint density at radius 3 is 2.82 bits per heavy atom. The third kappa shape index (κ3) is 3.39. The van der Waals surface area contributed by atoms with Crippen LogP contribution in [0, 0.1) is 17.3 Å². The quantitative estimate of drug-likeness (QED) is 0.823. The Morgan fingerprint density at radius 1 is 1.41 bits per heavy atom. The largest absolute Gasteiger partial charge is 0.330 e. The average molecular weight is 256 g/mol. The van der Waals surface area contributed by atoms with E-state index in [1.54, 1.807) is 0 Å². The van der Waals surface area contributed by atoms with Gasteiger partial charge in [-0.1, -0.05) is 20.8 Å². The monoisotopic (exact) mass is 256 g/mol. The SMILES string of the molecule is CC1CCN(C2CSCC(C)(C)C2)CC1CN. The van der Waals surface area contributed by atoms with Crippen molar-refractivity contribution in [3.8, 4) is 0 Å². The van der Waals surface area contributed by atoms with Gasteiger partial charge in [0.25, 0.3) is 0 Å². The predicted molar refractivity (Wildman–Crippen MR) is 77.4 cm³/mol. The van der Waals surface area contributed by atoms with Crippen LogP contribution < -0.4 is 5.73 Å². The summed E-state index contributed by atoms with van der Waals surface area (Å²) in [4.78, 5) is 2.73. The van der Waals surface area contributed by atoms with Crippen LogP contribution in [0.3, 0.4) is 0 Å². The second-order valence-corrected chi connectivity index (χ2v) is 7.82. The molecule has 0 saturated carbocycles. The van der Waals surface area contributed by atoms with Crippen molar-refractivity contribution < 1.29 is 0 Å². The summed E-state index contributed by atoms with van der Waals surface area (Å²) in [7, 11) is 0. The summed E-state index contributed by atoms with van der Waals surface area (Å²) in [6, 6.07) is 0.797. The van der Waals surface area contributed by atoms with E-state index in [0.717, 1.165) is 24.4 Å². The molecule has 3 atom stereocenters. The maximum atomic E-state index is 5.91. The van der Waals surface area contributed by atoms with E-state index in [9.17, 15) is 0 Å². The van der Waals surface area contributed by atoms with E-state index in [4.69, 9.17) is 5.73 Å². The Balaban J connectivity index is 1.93. The minimum atomic E-state index is 0.523. The van der Waals surface area contributed by atoms with Gasteiger partial charge in [-0.3, -0.25) is 4.90 Å². The van der Waals surface area contributed by atoms with Crippen molar-refractivity contribution in [2.45, 2.75) is 39.7 Å². The van der Waals surface area contributed by atoms with Crippen LogP contribution >= 0.6 is 11.8 Å². The molecule has 2 nitrogen and oxygen atoms in total. The zero-order chi connectivity index (χ0) is 12.5. The van der Waals surface area contributed by atoms with Crippen molar-refractivity contribution >= 4 is 11.8 Å². The Kier molecular flexibility index (Phi) is 4.43. The van der Waals surface area contributed by atoms with Crippen molar-refractivity contribution in [1.29, 1.82) is 0 Å². The Bertz CT molecular complexity index is 255. The minimum absolute atomic E-state index is 0.523. The van der Waals surface area contributed by atoms with Crippen LogP contribution in [0.15, 0.2) is 0 Å². The van der Waals surface area contributed by atoms with Gasteiger partial charge >= 0.3 is 0 Å². The second kappa shape index (κ2) is 5.50. The van der Waals surface area contributed by atoms with E-state index in [1.807, 2.05) is 0 Å². The highest BCUT2D eigenvalue weighted by molar-refractivity contribution is 7.99. The molecule has 2 aliphatic heterocycles. The molecule has 0 spiro atoms. The average Bonchev–Trinajstić information content (AvgIpc) is 2.28. The van der Waals surface area contributed by atoms with Crippen LogP contribution in [-0.4, -0.2) is 42.1 Å². The fourth-order valence-corrected chi connectivity index (χ4v) is 4.67. The van der Waals surface area contributed by atoms with E-state index in [2.05, 4.69) is 37.4 Å². The van der Waals surface area contributed by atoms with Crippen LogP contribution in [-0.2, 0) is 0 Å². The third-order valence-corrected chi connectivity index (χ3v) is 6.16. The first-order valence-electron chi connectivity index (χ1n) is 7.04. The maximum Gasteiger partial charge on any atom is 0.0191 e. The van der Waals surface area contributed by atoms with Crippen LogP contribution in [0.2, 0.25) is 0 Å². The molecule has 100 valence electrons. The van der Waals surface area contributed by atoms with Gasteiger partial charge < -0.3 is 5.73 Å². The van der Waals surface area contributed by atoms with Crippen molar-refractivity contribution in [2.75, 3.05) is 31.1 Å². The molecule has 0 radical (unpaired) electrons. The molecule has 3 unspecified atom stereocenters. The molecule has 0 aromatic heterocycles. The zero-order valence-electron chi connectivity index (χ0n) is 11.6. The van der Waals surface area contributed by atoms with Crippen molar-refractivity contribution in [3.63, 3.8) is 0 Å². The molecule has 2 aliphatic rings. The zero-order valence-corrected chi connectivity index (χ0v) is 12.4. The van der Waals surface area contributed by atoms with Gasteiger partial charge in [-0.25, -0.2) is 0 Å². The number of rotatable bonds is 2. The molecule has 2 saturated heterocycles. The van der Waals surface area contributed by atoms with Crippen molar-refractivity contribution in [2.24, 2.45) is 23.0 Å². The fourth-order valence-electron chi connectivity index (χ4n) is 3.28. The molecule has 17 heavy (non-hydrogen) atoms. The van der Waals surface area contributed by atoms with E-state index < -0.39 is 0 Å². The lowest BCUT2D eigenvalue weighted by molar-refractivity contribution is 0.0784. The lowest BCUT2D eigenvalue weighted by Gasteiger charge is -2.45. The molecule has 0 amide bonds. The summed E-state index contributed by atoms with van der Waals surface area (Å²) in [5, 5.41) is 0. The number of piperidine rings is 1. The van der Waals surface area contributed by atoms with Crippen LogP contribution in [0.4, 0.5) is 0 Å². The highest BCUT2D eigenvalue weighted by Crippen LogP contribution is 2.37. The van der Waals surface area contributed by atoms with Crippen LogP contribution in [0.5, 0.6) is 0 Å². The first-order chi connectivity index (χ1) is 8.02. The fraction of sp³-hybridized carbons (Fsp3) is 1.00. The van der Waals surface area contributed by atoms with Crippen LogP contribution in [0.1, 0.15) is 33.6 Å². The third-order valence-electron chi connectivity index (χ3n) is 4.56. The first kappa shape index (κ1) is 13.7. The molecule has 2 rings (SSSR count). The highest BCUT2D eigenvalue weighted by Gasteiger charge is 2.35. The molecule has 2 heterocycles. The standard InChI is InChI=1S/C14H28N2S/c1-11-4-5-16(8-12(11)7-15)13-6-14(2,3)10-17-9-13/h11-13H,4-10,15H2,1-3H3. The van der Waals surface area contributed by atoms with Crippen molar-refractivity contribution in [3.05, 3.63) is 0 Å². The molecular formula is C14H28N2S. The van der Waals surface area contributed by atoms with Gasteiger partial charge in [0.05, 0.1) is 0 Å². The lowest BCUT2D eigenvalue weighted by Crippen LogP contribution is -2.51. The van der Waals surface area contributed by atoms with Gasteiger partial charge in [0, 0.05) is 18.3 Å². The summed E-state index contributed by atoms with van der Waals surface area (Å²) >= 11 is 2.14.